The number of rotatable bonds is 6. The number of hydrogen-bond donors (Lipinski definition) is 3. The van der Waals surface area contributed by atoms with Gasteiger partial charge in [-0.2, -0.15) is 0 Å². The zero-order chi connectivity index (χ0) is 24.2. The van der Waals surface area contributed by atoms with E-state index < -0.39 is 29.4 Å². The Balaban J connectivity index is 1.55. The van der Waals surface area contributed by atoms with Crippen LogP contribution in [0.4, 0.5) is 5.69 Å². The second-order valence-corrected chi connectivity index (χ2v) is 9.52. The van der Waals surface area contributed by atoms with Crippen molar-refractivity contribution in [2.24, 2.45) is 11.8 Å². The molecule has 176 valence electrons. The smallest absolute Gasteiger partial charge is 0.303 e. The molecule has 3 aliphatic rings. The normalized spacial score (nSPS) is 27.3. The SMILES string of the molecule is Cc1cc(C)c2c(c1)[C@]1(N[C@H](CCC(=O)O)[C@H]3C(=O)N(CCc4ccccc4)C(=O)[C@H]31)C(=O)N2. The van der Waals surface area contributed by atoms with Crippen LogP contribution in [-0.2, 0) is 31.1 Å². The van der Waals surface area contributed by atoms with Crippen molar-refractivity contribution in [1.82, 2.24) is 10.2 Å². The van der Waals surface area contributed by atoms with Crippen LogP contribution < -0.4 is 10.6 Å². The van der Waals surface area contributed by atoms with Gasteiger partial charge in [0.2, 0.25) is 17.7 Å². The number of hydrogen-bond acceptors (Lipinski definition) is 5. The van der Waals surface area contributed by atoms with Gasteiger partial charge in [0, 0.05) is 30.3 Å². The number of nitrogens with one attached hydrogen (secondary N) is 2. The fourth-order valence-electron chi connectivity index (χ4n) is 5.95. The Kier molecular flexibility index (Phi) is 5.28. The van der Waals surface area contributed by atoms with Gasteiger partial charge >= 0.3 is 5.97 Å². The first-order chi connectivity index (χ1) is 16.2. The van der Waals surface area contributed by atoms with Gasteiger partial charge in [0.15, 0.2) is 0 Å². The molecule has 8 nitrogen and oxygen atoms in total. The summed E-state index contributed by atoms with van der Waals surface area (Å²) >= 11 is 0. The highest BCUT2D eigenvalue weighted by Gasteiger charge is 2.70. The van der Waals surface area contributed by atoms with E-state index in [2.05, 4.69) is 10.6 Å². The number of amides is 3. The molecule has 0 unspecified atom stereocenters. The number of anilines is 1. The number of carbonyl (C=O) groups excluding carboxylic acids is 3. The van der Waals surface area contributed by atoms with Crippen LogP contribution in [0.2, 0.25) is 0 Å². The molecule has 1 spiro atoms. The molecule has 3 N–H and O–H groups in total. The average molecular weight is 462 g/mol. The molecule has 5 rings (SSSR count). The first-order valence-electron chi connectivity index (χ1n) is 11.6. The van der Waals surface area contributed by atoms with E-state index >= 15 is 0 Å². The third-order valence-electron chi connectivity index (χ3n) is 7.39. The predicted octanol–water partition coefficient (Wildman–Crippen LogP) is 2.13. The maximum Gasteiger partial charge on any atom is 0.303 e. The van der Waals surface area contributed by atoms with Crippen LogP contribution in [0, 0.1) is 25.7 Å². The Morgan fingerprint density at radius 2 is 1.82 bits per heavy atom. The van der Waals surface area contributed by atoms with E-state index in [1.807, 2.05) is 56.3 Å². The summed E-state index contributed by atoms with van der Waals surface area (Å²) in [6.45, 7) is 4.04. The minimum absolute atomic E-state index is 0.150. The summed E-state index contributed by atoms with van der Waals surface area (Å²) < 4.78 is 0. The topological polar surface area (TPSA) is 116 Å². The van der Waals surface area contributed by atoms with E-state index in [-0.39, 0.29) is 37.1 Å². The standard InChI is InChI=1S/C26H27N3O5/c1-14-12-15(2)22-17(13-14)26(25(34)27-22)21-20(18(28-26)8-9-19(30)31)23(32)29(24(21)33)11-10-16-6-4-3-5-7-16/h3-7,12-13,18,20-21,28H,8-11H2,1-2H3,(H,27,34)(H,30,31)/t18-,20-,21+,26-/m1/s1. The molecule has 0 saturated carbocycles. The Hall–Kier alpha value is -3.52. The van der Waals surface area contributed by atoms with Gasteiger partial charge in [-0.3, -0.25) is 29.4 Å². The van der Waals surface area contributed by atoms with Crippen LogP contribution in [0.15, 0.2) is 42.5 Å². The number of imide groups is 1. The van der Waals surface area contributed by atoms with Gasteiger partial charge in [0.1, 0.15) is 5.54 Å². The van der Waals surface area contributed by atoms with Crippen molar-refractivity contribution >= 4 is 29.4 Å². The zero-order valence-electron chi connectivity index (χ0n) is 19.1. The van der Waals surface area contributed by atoms with Crippen molar-refractivity contribution < 1.29 is 24.3 Å². The van der Waals surface area contributed by atoms with Crippen LogP contribution >= 0.6 is 0 Å². The zero-order valence-corrected chi connectivity index (χ0v) is 19.1. The average Bonchev–Trinajstić information content (AvgIpc) is 3.37. The van der Waals surface area contributed by atoms with Gasteiger partial charge in [-0.15, -0.1) is 0 Å². The molecule has 2 saturated heterocycles. The highest BCUT2D eigenvalue weighted by atomic mass is 16.4. The maximum atomic E-state index is 13.8. The van der Waals surface area contributed by atoms with E-state index in [9.17, 15) is 24.3 Å². The van der Waals surface area contributed by atoms with Gasteiger partial charge in [-0.25, -0.2) is 0 Å². The molecular weight excluding hydrogens is 434 g/mol. The summed E-state index contributed by atoms with van der Waals surface area (Å²) in [5.41, 5.74) is 2.75. The second kappa shape index (κ2) is 8.06. The third kappa shape index (κ3) is 3.24. The monoisotopic (exact) mass is 461 g/mol. The molecule has 2 aromatic carbocycles. The molecule has 2 fully saturated rings. The van der Waals surface area contributed by atoms with Gasteiger partial charge in [0.25, 0.3) is 0 Å². The van der Waals surface area contributed by atoms with E-state index in [0.29, 0.717) is 17.7 Å². The summed E-state index contributed by atoms with van der Waals surface area (Å²) in [7, 11) is 0. The van der Waals surface area contributed by atoms with Crippen molar-refractivity contribution in [3.8, 4) is 0 Å². The fraction of sp³-hybridized carbons (Fsp3) is 0.385. The summed E-state index contributed by atoms with van der Waals surface area (Å²) in [6.07, 6.45) is 0.500. The molecule has 34 heavy (non-hydrogen) atoms. The molecule has 0 radical (unpaired) electrons. The van der Waals surface area contributed by atoms with Crippen molar-refractivity contribution in [1.29, 1.82) is 0 Å². The molecule has 3 heterocycles. The van der Waals surface area contributed by atoms with Crippen LogP contribution in [0.1, 0.15) is 35.1 Å². The molecule has 0 aliphatic carbocycles. The Labute approximate surface area is 197 Å². The lowest BCUT2D eigenvalue weighted by Gasteiger charge is -2.30. The Bertz CT molecular complexity index is 1210. The fourth-order valence-corrected chi connectivity index (χ4v) is 5.95. The van der Waals surface area contributed by atoms with Crippen LogP contribution in [0.3, 0.4) is 0 Å². The summed E-state index contributed by atoms with van der Waals surface area (Å²) in [6, 6.07) is 12.8. The number of fused-ring (bicyclic) bond motifs is 4. The quantitative estimate of drug-likeness (QED) is 0.568. The van der Waals surface area contributed by atoms with Crippen LogP contribution in [0.25, 0.3) is 0 Å². The van der Waals surface area contributed by atoms with Crippen molar-refractivity contribution in [2.75, 3.05) is 11.9 Å². The number of aliphatic carboxylic acids is 1. The molecular formula is C26H27N3O5. The molecule has 0 aromatic heterocycles. The second-order valence-electron chi connectivity index (χ2n) is 9.52. The number of likely N-dealkylation sites (tertiary alicyclic amines) is 1. The van der Waals surface area contributed by atoms with E-state index in [1.165, 1.54) is 4.90 Å². The van der Waals surface area contributed by atoms with Crippen molar-refractivity contribution in [3.05, 3.63) is 64.7 Å². The lowest BCUT2D eigenvalue weighted by atomic mass is 9.75. The number of carbonyl (C=O) groups is 4. The largest absolute Gasteiger partial charge is 0.481 e. The molecule has 8 heteroatoms. The lowest BCUT2D eigenvalue weighted by molar-refractivity contribution is -0.143. The maximum absolute atomic E-state index is 13.8. The number of benzene rings is 2. The number of nitrogens with zero attached hydrogens (tertiary/aromatic N) is 1. The third-order valence-corrected chi connectivity index (χ3v) is 7.39. The predicted molar refractivity (Wildman–Crippen MR) is 124 cm³/mol. The molecule has 2 aromatic rings. The molecule has 0 bridgehead atoms. The molecule has 3 aliphatic heterocycles. The molecule has 4 atom stereocenters. The minimum Gasteiger partial charge on any atom is -0.481 e. The van der Waals surface area contributed by atoms with E-state index in [1.54, 1.807) is 0 Å². The first-order valence-corrected chi connectivity index (χ1v) is 11.6. The van der Waals surface area contributed by atoms with E-state index in [4.69, 9.17) is 0 Å². The van der Waals surface area contributed by atoms with Crippen LogP contribution in [0.5, 0.6) is 0 Å². The van der Waals surface area contributed by atoms with Crippen LogP contribution in [-0.4, -0.2) is 46.3 Å². The number of carboxylic acid groups (broad SMARTS) is 1. The molecule has 3 amide bonds. The van der Waals surface area contributed by atoms with Crippen molar-refractivity contribution in [3.63, 3.8) is 0 Å². The number of aryl methyl sites for hydroxylation is 2. The highest BCUT2D eigenvalue weighted by molar-refractivity contribution is 6.15. The lowest BCUT2D eigenvalue weighted by Crippen LogP contribution is -2.53. The van der Waals surface area contributed by atoms with E-state index in [0.717, 1.165) is 16.7 Å². The van der Waals surface area contributed by atoms with Gasteiger partial charge in [-0.1, -0.05) is 48.0 Å². The number of carboxylic acids is 1. The van der Waals surface area contributed by atoms with Crippen molar-refractivity contribution in [2.45, 2.75) is 44.7 Å². The first kappa shape index (κ1) is 22.3. The van der Waals surface area contributed by atoms with Gasteiger partial charge in [-0.05, 0) is 37.8 Å². The van der Waals surface area contributed by atoms with Gasteiger partial charge in [0.05, 0.1) is 11.8 Å². The summed E-state index contributed by atoms with van der Waals surface area (Å²) in [5, 5.41) is 15.5. The summed E-state index contributed by atoms with van der Waals surface area (Å²) in [4.78, 5) is 53.4. The summed E-state index contributed by atoms with van der Waals surface area (Å²) in [5.74, 6) is -3.78. The Morgan fingerprint density at radius 1 is 1.09 bits per heavy atom. The Morgan fingerprint density at radius 3 is 2.53 bits per heavy atom. The van der Waals surface area contributed by atoms with Gasteiger partial charge < -0.3 is 10.4 Å². The highest BCUT2D eigenvalue weighted by Crippen LogP contribution is 2.54. The minimum atomic E-state index is -1.39.